The van der Waals surface area contributed by atoms with Gasteiger partial charge < -0.3 is 9.88 Å². The monoisotopic (exact) mass is 283 g/mol. The molecule has 2 aromatic carbocycles. The zero-order valence-corrected chi connectivity index (χ0v) is 11.3. The van der Waals surface area contributed by atoms with Crippen LogP contribution in [-0.2, 0) is 6.54 Å². The summed E-state index contributed by atoms with van der Waals surface area (Å²) in [6.45, 7) is 1.01. The molecule has 0 amide bonds. The van der Waals surface area contributed by atoms with Crippen LogP contribution in [0.25, 0.3) is 11.0 Å². The van der Waals surface area contributed by atoms with E-state index in [2.05, 4.69) is 10.3 Å². The van der Waals surface area contributed by atoms with Crippen molar-refractivity contribution in [3.63, 3.8) is 0 Å². The van der Waals surface area contributed by atoms with Crippen LogP contribution in [0.3, 0.4) is 0 Å². The SMILES string of the molecule is O=c1cnc2ccccc2n1CCNc1cccc(F)c1. The Kier molecular flexibility index (Phi) is 3.64. The molecule has 0 aliphatic carbocycles. The Labute approximate surface area is 120 Å². The first-order valence-electron chi connectivity index (χ1n) is 6.68. The highest BCUT2D eigenvalue weighted by Crippen LogP contribution is 2.10. The predicted octanol–water partition coefficient (Wildman–Crippen LogP) is 2.65. The van der Waals surface area contributed by atoms with Gasteiger partial charge in [0, 0.05) is 18.8 Å². The van der Waals surface area contributed by atoms with Crippen molar-refractivity contribution < 1.29 is 4.39 Å². The maximum absolute atomic E-state index is 13.1. The van der Waals surface area contributed by atoms with Crippen molar-refractivity contribution in [1.82, 2.24) is 9.55 Å². The van der Waals surface area contributed by atoms with Crippen LogP contribution in [0.15, 0.2) is 59.5 Å². The van der Waals surface area contributed by atoms with Gasteiger partial charge in [0.2, 0.25) is 0 Å². The van der Waals surface area contributed by atoms with Gasteiger partial charge in [-0.1, -0.05) is 18.2 Å². The highest BCUT2D eigenvalue weighted by Gasteiger charge is 2.03. The third-order valence-electron chi connectivity index (χ3n) is 3.24. The first-order chi connectivity index (χ1) is 10.2. The molecule has 1 N–H and O–H groups in total. The standard InChI is InChI=1S/C16H14FN3O/c17-12-4-3-5-13(10-12)18-8-9-20-15-7-2-1-6-14(15)19-11-16(20)21/h1-7,10-11,18H,8-9H2. The number of benzene rings is 2. The van der Waals surface area contributed by atoms with E-state index in [0.29, 0.717) is 18.8 Å². The Bertz CT molecular complexity index is 829. The first kappa shape index (κ1) is 13.3. The molecule has 1 aromatic heterocycles. The molecule has 0 atom stereocenters. The molecule has 3 aromatic rings. The van der Waals surface area contributed by atoms with Gasteiger partial charge in [0.15, 0.2) is 0 Å². The molecule has 0 saturated carbocycles. The van der Waals surface area contributed by atoms with E-state index in [0.717, 1.165) is 11.0 Å². The minimum Gasteiger partial charge on any atom is -0.383 e. The van der Waals surface area contributed by atoms with Crippen LogP contribution in [0.1, 0.15) is 0 Å². The fraction of sp³-hybridized carbons (Fsp3) is 0.125. The number of rotatable bonds is 4. The smallest absolute Gasteiger partial charge is 0.269 e. The number of para-hydroxylation sites is 2. The lowest BCUT2D eigenvalue weighted by Gasteiger charge is -2.11. The molecule has 0 radical (unpaired) electrons. The minimum atomic E-state index is -0.286. The molecule has 0 aliphatic heterocycles. The number of anilines is 1. The quantitative estimate of drug-likeness (QED) is 0.800. The van der Waals surface area contributed by atoms with E-state index in [1.165, 1.54) is 18.3 Å². The minimum absolute atomic E-state index is 0.144. The lowest BCUT2D eigenvalue weighted by atomic mass is 10.3. The zero-order chi connectivity index (χ0) is 14.7. The largest absolute Gasteiger partial charge is 0.383 e. The summed E-state index contributed by atoms with van der Waals surface area (Å²) >= 11 is 0. The molecule has 3 rings (SSSR count). The van der Waals surface area contributed by atoms with Gasteiger partial charge in [-0.15, -0.1) is 0 Å². The van der Waals surface area contributed by atoms with Gasteiger partial charge in [-0.3, -0.25) is 4.79 Å². The van der Waals surface area contributed by atoms with E-state index < -0.39 is 0 Å². The van der Waals surface area contributed by atoms with Gasteiger partial charge in [0.05, 0.1) is 17.2 Å². The molecule has 0 aliphatic rings. The fourth-order valence-corrected chi connectivity index (χ4v) is 2.26. The van der Waals surface area contributed by atoms with Crippen LogP contribution in [0, 0.1) is 5.82 Å². The van der Waals surface area contributed by atoms with Crippen LogP contribution < -0.4 is 10.9 Å². The van der Waals surface area contributed by atoms with Crippen LogP contribution in [-0.4, -0.2) is 16.1 Å². The van der Waals surface area contributed by atoms with Crippen molar-refractivity contribution >= 4 is 16.7 Å². The maximum atomic E-state index is 13.1. The molecule has 5 heteroatoms. The van der Waals surface area contributed by atoms with Crippen LogP contribution >= 0.6 is 0 Å². The molecule has 0 bridgehead atoms. The number of aromatic nitrogens is 2. The summed E-state index contributed by atoms with van der Waals surface area (Å²) in [5.74, 6) is -0.286. The van der Waals surface area contributed by atoms with Crippen molar-refractivity contribution in [2.24, 2.45) is 0 Å². The lowest BCUT2D eigenvalue weighted by Crippen LogP contribution is -2.24. The molecule has 0 spiro atoms. The van der Waals surface area contributed by atoms with Crippen molar-refractivity contribution in [1.29, 1.82) is 0 Å². The second-order valence-corrected chi connectivity index (χ2v) is 4.67. The molecule has 21 heavy (non-hydrogen) atoms. The lowest BCUT2D eigenvalue weighted by molar-refractivity contribution is 0.628. The number of hydrogen-bond acceptors (Lipinski definition) is 3. The average molecular weight is 283 g/mol. The number of nitrogens with zero attached hydrogens (tertiary/aromatic N) is 2. The van der Waals surface area contributed by atoms with E-state index in [1.54, 1.807) is 16.7 Å². The summed E-state index contributed by atoms with van der Waals surface area (Å²) in [5, 5.41) is 3.11. The van der Waals surface area contributed by atoms with Crippen molar-refractivity contribution in [3.05, 3.63) is 70.9 Å². The summed E-state index contributed by atoms with van der Waals surface area (Å²) < 4.78 is 14.7. The van der Waals surface area contributed by atoms with Crippen LogP contribution in [0.2, 0.25) is 0 Å². The van der Waals surface area contributed by atoms with Crippen LogP contribution in [0.5, 0.6) is 0 Å². The highest BCUT2D eigenvalue weighted by atomic mass is 19.1. The van der Waals surface area contributed by atoms with E-state index in [1.807, 2.05) is 24.3 Å². The maximum Gasteiger partial charge on any atom is 0.269 e. The highest BCUT2D eigenvalue weighted by molar-refractivity contribution is 5.74. The Balaban J connectivity index is 1.79. The topological polar surface area (TPSA) is 46.9 Å². The Morgan fingerprint density at radius 1 is 1.14 bits per heavy atom. The van der Waals surface area contributed by atoms with Gasteiger partial charge >= 0.3 is 0 Å². The van der Waals surface area contributed by atoms with Crippen molar-refractivity contribution in [3.8, 4) is 0 Å². The normalized spacial score (nSPS) is 10.7. The molecular formula is C16H14FN3O. The first-order valence-corrected chi connectivity index (χ1v) is 6.68. The third kappa shape index (κ3) is 2.91. The van der Waals surface area contributed by atoms with E-state index >= 15 is 0 Å². The zero-order valence-electron chi connectivity index (χ0n) is 11.3. The average Bonchev–Trinajstić information content (AvgIpc) is 2.50. The summed E-state index contributed by atoms with van der Waals surface area (Å²) in [6, 6.07) is 13.7. The van der Waals surface area contributed by atoms with Gasteiger partial charge in [-0.2, -0.15) is 0 Å². The Hall–Kier alpha value is -2.69. The Morgan fingerprint density at radius 3 is 2.86 bits per heavy atom. The summed E-state index contributed by atoms with van der Waals surface area (Å²) in [5.41, 5.74) is 2.13. The number of hydrogen-bond donors (Lipinski definition) is 1. The van der Waals surface area contributed by atoms with E-state index in [4.69, 9.17) is 0 Å². The molecule has 0 fully saturated rings. The molecule has 1 heterocycles. The van der Waals surface area contributed by atoms with Crippen molar-refractivity contribution in [2.75, 3.05) is 11.9 Å². The van der Waals surface area contributed by atoms with Gasteiger partial charge in [-0.25, -0.2) is 9.37 Å². The van der Waals surface area contributed by atoms with E-state index in [9.17, 15) is 9.18 Å². The molecule has 106 valence electrons. The van der Waals surface area contributed by atoms with E-state index in [-0.39, 0.29) is 11.4 Å². The summed E-state index contributed by atoms with van der Waals surface area (Å²) in [4.78, 5) is 16.1. The Morgan fingerprint density at radius 2 is 2.00 bits per heavy atom. The second kappa shape index (κ2) is 5.75. The van der Waals surface area contributed by atoms with Gasteiger partial charge in [0.25, 0.3) is 5.56 Å². The predicted molar refractivity (Wildman–Crippen MR) is 80.9 cm³/mol. The summed E-state index contributed by atoms with van der Waals surface area (Å²) in [6.07, 6.45) is 1.32. The number of halogens is 1. The van der Waals surface area contributed by atoms with Crippen molar-refractivity contribution in [2.45, 2.75) is 6.54 Å². The van der Waals surface area contributed by atoms with Crippen LogP contribution in [0.4, 0.5) is 10.1 Å². The fourth-order valence-electron chi connectivity index (χ4n) is 2.26. The molecular weight excluding hydrogens is 269 g/mol. The summed E-state index contributed by atoms with van der Waals surface area (Å²) in [7, 11) is 0. The molecule has 4 nitrogen and oxygen atoms in total. The van der Waals surface area contributed by atoms with Gasteiger partial charge in [0.1, 0.15) is 5.82 Å². The number of fused-ring (bicyclic) bond motifs is 1. The molecule has 0 unspecified atom stereocenters. The molecule has 0 saturated heterocycles. The third-order valence-corrected chi connectivity index (χ3v) is 3.24. The second-order valence-electron chi connectivity index (χ2n) is 4.67. The van der Waals surface area contributed by atoms with Gasteiger partial charge in [-0.05, 0) is 30.3 Å². The number of nitrogens with one attached hydrogen (secondary N) is 1.